The molecule has 0 aromatic heterocycles. The van der Waals surface area contributed by atoms with Crippen LogP contribution < -0.4 is 21.1 Å². The molecule has 0 aliphatic heterocycles. The monoisotopic (exact) mass is 439 g/mol. The fourth-order valence-corrected chi connectivity index (χ4v) is 2.11. The highest BCUT2D eigenvalue weighted by atomic mass is 32.1. The lowest BCUT2D eigenvalue weighted by atomic mass is 10.00. The van der Waals surface area contributed by atoms with Gasteiger partial charge in [-0.1, -0.05) is 0 Å². The summed E-state index contributed by atoms with van der Waals surface area (Å²) in [6.07, 6.45) is -0.328. The fourth-order valence-electron chi connectivity index (χ4n) is 2.00. The van der Waals surface area contributed by atoms with Crippen LogP contribution >= 0.6 is 12.6 Å². The van der Waals surface area contributed by atoms with Crippen molar-refractivity contribution in [1.82, 2.24) is 10.6 Å². The minimum absolute atomic E-state index is 0.0768. The Hall–Kier alpha value is -2.67. The van der Waals surface area contributed by atoms with Crippen molar-refractivity contribution in [2.45, 2.75) is 6.42 Å². The molecule has 0 radical (unpaired) electrons. The van der Waals surface area contributed by atoms with E-state index in [1.54, 1.807) is 0 Å². The molecule has 2 amide bonds. The first-order valence-electron chi connectivity index (χ1n) is 8.04. The van der Waals surface area contributed by atoms with Gasteiger partial charge >= 0.3 is 5.97 Å². The van der Waals surface area contributed by atoms with Crippen LogP contribution in [0.1, 0.15) is 6.42 Å². The summed E-state index contributed by atoms with van der Waals surface area (Å²) in [5, 5.41) is 4.30. The van der Waals surface area contributed by atoms with Crippen molar-refractivity contribution < 1.29 is 41.5 Å². The zero-order chi connectivity index (χ0) is 22.1. The number of amides is 2. The van der Waals surface area contributed by atoms with Gasteiger partial charge in [-0.15, -0.1) is 0 Å². The normalized spacial score (nSPS) is 11.5. The summed E-state index contributed by atoms with van der Waals surface area (Å²) < 4.78 is 58.0. The Morgan fingerprint density at radius 2 is 1.55 bits per heavy atom. The number of benzene rings is 1. The number of hydrogen-bond acceptors (Lipinski definition) is 7. The van der Waals surface area contributed by atoms with Gasteiger partial charge in [-0.2, -0.15) is 21.4 Å². The molecular weight excluding hydrogens is 422 g/mol. The quantitative estimate of drug-likeness (QED) is 0.100. The molecule has 0 fully saturated rings. The third-order valence-electron chi connectivity index (χ3n) is 3.45. The highest BCUT2D eigenvalue weighted by Gasteiger charge is 2.31. The third kappa shape index (κ3) is 7.02. The van der Waals surface area contributed by atoms with Gasteiger partial charge in [0.1, 0.15) is 5.92 Å². The summed E-state index contributed by atoms with van der Waals surface area (Å²) in [5.41, 5.74) is 5.29. The molecule has 13 heteroatoms. The molecule has 0 bridgehead atoms. The van der Waals surface area contributed by atoms with Gasteiger partial charge in [0.05, 0.1) is 18.8 Å². The number of thiol groups is 1. The largest absolute Gasteiger partial charge is 0.419 e. The zero-order valence-electron chi connectivity index (χ0n) is 14.8. The topological polar surface area (TPSA) is 128 Å². The molecule has 1 rings (SSSR count). The first-order valence-corrected chi connectivity index (χ1v) is 8.67. The minimum atomic E-state index is -1.95. The maximum Gasteiger partial charge on any atom is 0.322 e. The van der Waals surface area contributed by atoms with Crippen LogP contribution in [0.4, 0.5) is 17.6 Å². The highest BCUT2D eigenvalue weighted by Crippen LogP contribution is 2.27. The van der Waals surface area contributed by atoms with E-state index in [9.17, 15) is 36.7 Å². The Bertz CT molecular complexity index is 783. The van der Waals surface area contributed by atoms with Crippen molar-refractivity contribution >= 4 is 36.2 Å². The molecule has 4 N–H and O–H groups in total. The predicted molar refractivity (Wildman–Crippen MR) is 93.9 cm³/mol. The van der Waals surface area contributed by atoms with Crippen LogP contribution in [0.3, 0.4) is 0 Å². The van der Waals surface area contributed by atoms with E-state index >= 15 is 0 Å². The Morgan fingerprint density at radius 1 is 1.00 bits per heavy atom. The van der Waals surface area contributed by atoms with Gasteiger partial charge in [-0.05, 0) is 13.0 Å². The van der Waals surface area contributed by atoms with E-state index in [4.69, 9.17) is 5.73 Å². The van der Waals surface area contributed by atoms with Crippen molar-refractivity contribution in [3.63, 3.8) is 0 Å². The van der Waals surface area contributed by atoms with E-state index in [1.165, 1.54) is 0 Å². The van der Waals surface area contributed by atoms with E-state index in [-0.39, 0.29) is 24.8 Å². The van der Waals surface area contributed by atoms with Gasteiger partial charge in [0.15, 0.2) is 17.4 Å². The zero-order valence-corrected chi connectivity index (χ0v) is 15.7. The number of ether oxygens (including phenoxy) is 1. The summed E-state index contributed by atoms with van der Waals surface area (Å²) in [6.45, 7) is -1.38. The van der Waals surface area contributed by atoms with Crippen LogP contribution in [0.5, 0.6) is 5.75 Å². The van der Waals surface area contributed by atoms with E-state index in [2.05, 4.69) is 28.0 Å². The molecule has 0 saturated carbocycles. The molecule has 0 spiro atoms. The number of halogens is 4. The molecule has 0 aliphatic rings. The van der Waals surface area contributed by atoms with Gasteiger partial charge in [0.2, 0.25) is 29.2 Å². The molecule has 29 heavy (non-hydrogen) atoms. The Kier molecular flexibility index (Phi) is 9.55. The summed E-state index contributed by atoms with van der Waals surface area (Å²) in [4.78, 5) is 46.8. The lowest BCUT2D eigenvalue weighted by Crippen LogP contribution is -2.42. The van der Waals surface area contributed by atoms with E-state index in [0.29, 0.717) is 0 Å². The number of rotatable bonds is 10. The lowest BCUT2D eigenvalue weighted by Gasteiger charge is -2.15. The maximum absolute atomic E-state index is 13.6. The number of ketones is 1. The van der Waals surface area contributed by atoms with Crippen LogP contribution in [-0.2, 0) is 19.2 Å². The van der Waals surface area contributed by atoms with Gasteiger partial charge < -0.3 is 21.1 Å². The molecule has 160 valence electrons. The number of Topliss-reactive ketones (excluding diaryl/α,β-unsaturated/α-hetero) is 1. The second-order valence-corrected chi connectivity index (χ2v) is 5.84. The first kappa shape index (κ1) is 24.4. The van der Waals surface area contributed by atoms with Crippen LogP contribution in [0.25, 0.3) is 0 Å². The second kappa shape index (κ2) is 11.4. The lowest BCUT2D eigenvalue weighted by molar-refractivity contribution is -0.144. The molecule has 1 atom stereocenters. The van der Waals surface area contributed by atoms with Crippen LogP contribution in [0.15, 0.2) is 6.07 Å². The number of esters is 1. The van der Waals surface area contributed by atoms with Crippen molar-refractivity contribution in [2.24, 2.45) is 11.7 Å². The molecule has 0 aliphatic carbocycles. The number of nitrogens with one attached hydrogen (secondary N) is 2. The van der Waals surface area contributed by atoms with Crippen molar-refractivity contribution in [3.05, 3.63) is 29.3 Å². The smallest absolute Gasteiger partial charge is 0.322 e. The van der Waals surface area contributed by atoms with Crippen molar-refractivity contribution in [3.8, 4) is 5.75 Å². The van der Waals surface area contributed by atoms with E-state index in [0.717, 1.165) is 0 Å². The van der Waals surface area contributed by atoms with E-state index < -0.39 is 71.6 Å². The van der Waals surface area contributed by atoms with E-state index in [1.807, 2.05) is 0 Å². The van der Waals surface area contributed by atoms with Gasteiger partial charge in [-0.3, -0.25) is 19.2 Å². The van der Waals surface area contributed by atoms with Crippen molar-refractivity contribution in [2.75, 3.05) is 25.4 Å². The number of carbonyl (C=O) groups is 4. The fraction of sp³-hybridized carbons (Fsp3) is 0.375. The van der Waals surface area contributed by atoms with Gasteiger partial charge in [-0.25, -0.2) is 8.78 Å². The first-order chi connectivity index (χ1) is 13.6. The molecule has 1 aromatic carbocycles. The van der Waals surface area contributed by atoms with Crippen LogP contribution in [0, 0.1) is 29.2 Å². The average Bonchev–Trinajstić information content (AvgIpc) is 2.69. The number of nitrogens with two attached hydrogens (primary N) is 1. The molecule has 1 aromatic rings. The Morgan fingerprint density at radius 3 is 2.07 bits per heavy atom. The summed E-state index contributed by atoms with van der Waals surface area (Å²) in [5.74, 6) is -14.7. The molecule has 8 nitrogen and oxygen atoms in total. The Balaban J connectivity index is 2.81. The predicted octanol–water partition coefficient (Wildman–Crippen LogP) is -0.155. The summed E-state index contributed by atoms with van der Waals surface area (Å²) in [6, 6.07) is -0.0768. The van der Waals surface area contributed by atoms with Gasteiger partial charge in [0.25, 0.3) is 0 Å². The van der Waals surface area contributed by atoms with Crippen molar-refractivity contribution in [1.29, 1.82) is 0 Å². The molecule has 0 heterocycles. The number of hydrogen-bond donors (Lipinski definition) is 4. The summed E-state index contributed by atoms with van der Waals surface area (Å²) >= 11 is 3.68. The SMILES string of the molecule is NCCC(C(=O)CNC(=O)CNC(=O)CS)C(=O)Oc1c(F)c(F)cc(F)c1F. The van der Waals surface area contributed by atoms with Gasteiger partial charge in [0, 0.05) is 6.07 Å². The molecule has 0 saturated heterocycles. The maximum atomic E-state index is 13.6. The average molecular weight is 439 g/mol. The van der Waals surface area contributed by atoms with Crippen LogP contribution in [-0.4, -0.2) is 49.0 Å². The minimum Gasteiger partial charge on any atom is -0.419 e. The summed E-state index contributed by atoms with van der Waals surface area (Å²) in [7, 11) is 0. The Labute approximate surface area is 167 Å². The standard InChI is InChI=1S/C16H17F4N3O5S/c17-8-3-9(18)14(20)15(13(8)19)28-16(27)7(1-2-21)10(24)4-22-11(25)5-23-12(26)6-29/h3,7,29H,1-2,4-6,21H2,(H,22,25)(H,23,26). The highest BCUT2D eigenvalue weighted by molar-refractivity contribution is 7.81. The molecular formula is C16H17F4N3O5S. The number of carbonyl (C=O) groups excluding carboxylic acids is 4. The van der Waals surface area contributed by atoms with Crippen LogP contribution in [0.2, 0.25) is 0 Å². The third-order valence-corrected chi connectivity index (χ3v) is 3.74. The molecule has 1 unspecified atom stereocenters. The second-order valence-electron chi connectivity index (χ2n) is 5.53.